The number of ether oxygens (including phenoxy) is 1. The lowest BCUT2D eigenvalue weighted by molar-refractivity contribution is -0.178. The third kappa shape index (κ3) is 3.01. The number of hydrogen-bond acceptors (Lipinski definition) is 5. The SMILES string of the molecule is CCc1cn([C@@]2(CN)OC[C@H](F)[C@@]2(O)Cc2ccc(F)cc2)c(=O)[nH]c1=O. The van der Waals surface area contributed by atoms with Crippen molar-refractivity contribution >= 4 is 0 Å². The standard InChI is InChI=1S/C18H21F2N3O4/c1-2-12-8-23(16(25)22-15(12)24)18(10-21)17(26,14(20)9-27-18)7-11-3-5-13(19)6-4-11/h3-6,8,14,26H,2,7,9-10,21H2,1H3,(H,22,24,25)/t14-,17-,18-/m0/s1. The molecule has 1 aromatic carbocycles. The number of rotatable bonds is 5. The van der Waals surface area contributed by atoms with E-state index in [4.69, 9.17) is 10.5 Å². The van der Waals surface area contributed by atoms with E-state index in [0.717, 1.165) is 4.57 Å². The second-order valence-corrected chi connectivity index (χ2v) is 6.63. The van der Waals surface area contributed by atoms with E-state index in [1.165, 1.54) is 30.5 Å². The highest BCUT2D eigenvalue weighted by molar-refractivity contribution is 5.23. The molecule has 3 atom stereocenters. The minimum atomic E-state index is -2.20. The summed E-state index contributed by atoms with van der Waals surface area (Å²) in [6, 6.07) is 5.19. The smallest absolute Gasteiger partial charge is 0.330 e. The van der Waals surface area contributed by atoms with E-state index in [2.05, 4.69) is 4.98 Å². The molecule has 146 valence electrons. The van der Waals surface area contributed by atoms with Crippen LogP contribution in [-0.2, 0) is 23.3 Å². The van der Waals surface area contributed by atoms with E-state index < -0.39 is 47.7 Å². The molecule has 4 N–H and O–H groups in total. The molecule has 9 heteroatoms. The van der Waals surface area contributed by atoms with E-state index >= 15 is 0 Å². The van der Waals surface area contributed by atoms with E-state index in [1.54, 1.807) is 6.92 Å². The number of aryl methyl sites for hydroxylation is 1. The molecule has 0 spiro atoms. The number of H-pyrrole nitrogens is 1. The van der Waals surface area contributed by atoms with Gasteiger partial charge in [-0.3, -0.25) is 14.3 Å². The molecule has 0 radical (unpaired) electrons. The highest BCUT2D eigenvalue weighted by Crippen LogP contribution is 2.43. The largest absolute Gasteiger partial charge is 0.381 e. The molecule has 3 rings (SSSR count). The number of aliphatic hydroxyl groups is 1. The Balaban J connectivity index is 2.16. The van der Waals surface area contributed by atoms with Crippen molar-refractivity contribution in [2.24, 2.45) is 5.73 Å². The highest BCUT2D eigenvalue weighted by Gasteiger charge is 2.63. The van der Waals surface area contributed by atoms with Crippen LogP contribution in [0.15, 0.2) is 40.1 Å². The average Bonchev–Trinajstić information content (AvgIpc) is 2.89. The van der Waals surface area contributed by atoms with Gasteiger partial charge in [0.15, 0.2) is 17.5 Å². The molecular formula is C18H21F2N3O4. The molecule has 0 bridgehead atoms. The molecule has 0 amide bonds. The zero-order chi connectivity index (χ0) is 19.8. The van der Waals surface area contributed by atoms with Gasteiger partial charge in [-0.05, 0) is 24.1 Å². The number of hydrogen-bond donors (Lipinski definition) is 3. The molecule has 1 fully saturated rings. The molecule has 2 aromatic rings. The Morgan fingerprint density at radius 1 is 1.37 bits per heavy atom. The van der Waals surface area contributed by atoms with Crippen molar-refractivity contribution in [1.82, 2.24) is 9.55 Å². The van der Waals surface area contributed by atoms with Crippen LogP contribution in [-0.4, -0.2) is 39.6 Å². The Morgan fingerprint density at radius 3 is 2.63 bits per heavy atom. The summed E-state index contributed by atoms with van der Waals surface area (Å²) in [5, 5.41) is 11.3. The van der Waals surface area contributed by atoms with Gasteiger partial charge in [0.1, 0.15) is 5.82 Å². The van der Waals surface area contributed by atoms with Crippen molar-refractivity contribution < 1.29 is 18.6 Å². The molecule has 7 nitrogen and oxygen atoms in total. The molecule has 1 aliphatic rings. The average molecular weight is 381 g/mol. The number of nitrogens with one attached hydrogen (secondary N) is 1. The van der Waals surface area contributed by atoms with Crippen molar-refractivity contribution in [1.29, 1.82) is 0 Å². The summed E-state index contributed by atoms with van der Waals surface area (Å²) in [5.41, 5.74) is 0.996. The molecule has 1 saturated heterocycles. The van der Waals surface area contributed by atoms with Crippen molar-refractivity contribution in [2.45, 2.75) is 37.3 Å². The normalized spacial score (nSPS) is 27.8. The molecule has 0 saturated carbocycles. The molecular weight excluding hydrogens is 360 g/mol. The molecule has 1 aromatic heterocycles. The van der Waals surface area contributed by atoms with Crippen LogP contribution < -0.4 is 17.0 Å². The summed E-state index contributed by atoms with van der Waals surface area (Å²) >= 11 is 0. The van der Waals surface area contributed by atoms with Crippen LogP contribution in [0.1, 0.15) is 18.1 Å². The summed E-state index contributed by atoms with van der Waals surface area (Å²) in [6.07, 6.45) is -0.568. The molecule has 0 aliphatic carbocycles. The third-order valence-corrected chi connectivity index (χ3v) is 5.11. The fourth-order valence-electron chi connectivity index (χ4n) is 3.52. The Hall–Kier alpha value is -2.36. The van der Waals surface area contributed by atoms with Crippen LogP contribution in [0.4, 0.5) is 8.78 Å². The van der Waals surface area contributed by atoms with Gasteiger partial charge in [0, 0.05) is 24.7 Å². The van der Waals surface area contributed by atoms with Gasteiger partial charge in [-0.25, -0.2) is 13.6 Å². The van der Waals surface area contributed by atoms with Gasteiger partial charge >= 0.3 is 5.69 Å². The van der Waals surface area contributed by atoms with Crippen molar-refractivity contribution in [3.05, 3.63) is 68.2 Å². The van der Waals surface area contributed by atoms with Gasteiger partial charge in [-0.1, -0.05) is 19.1 Å². The minimum Gasteiger partial charge on any atom is -0.381 e. The first-order chi connectivity index (χ1) is 12.8. The van der Waals surface area contributed by atoms with Crippen LogP contribution in [0.2, 0.25) is 0 Å². The maximum absolute atomic E-state index is 14.8. The number of halogens is 2. The summed E-state index contributed by atoms with van der Waals surface area (Å²) < 4.78 is 34.5. The van der Waals surface area contributed by atoms with Crippen LogP contribution in [0, 0.1) is 5.82 Å². The predicted molar refractivity (Wildman–Crippen MR) is 93.6 cm³/mol. The van der Waals surface area contributed by atoms with E-state index in [9.17, 15) is 23.5 Å². The second-order valence-electron chi connectivity index (χ2n) is 6.63. The van der Waals surface area contributed by atoms with Gasteiger partial charge in [-0.15, -0.1) is 0 Å². The number of nitrogens with zero attached hydrogens (tertiary/aromatic N) is 1. The molecule has 1 aliphatic heterocycles. The molecule has 27 heavy (non-hydrogen) atoms. The monoisotopic (exact) mass is 381 g/mol. The summed E-state index contributed by atoms with van der Waals surface area (Å²) in [7, 11) is 0. The van der Waals surface area contributed by atoms with Crippen molar-refractivity contribution in [2.75, 3.05) is 13.2 Å². The van der Waals surface area contributed by atoms with E-state index in [-0.39, 0.29) is 12.0 Å². The number of aromatic nitrogens is 2. The fourth-order valence-corrected chi connectivity index (χ4v) is 3.52. The van der Waals surface area contributed by atoms with Crippen LogP contribution in [0.3, 0.4) is 0 Å². The summed E-state index contributed by atoms with van der Waals surface area (Å²) in [4.78, 5) is 26.5. The van der Waals surface area contributed by atoms with Crippen LogP contribution in [0.25, 0.3) is 0 Å². The Bertz CT molecular complexity index is 943. The number of nitrogens with two attached hydrogens (primary N) is 1. The lowest BCUT2D eigenvalue weighted by atomic mass is 9.82. The lowest BCUT2D eigenvalue weighted by Crippen LogP contribution is -2.64. The maximum Gasteiger partial charge on any atom is 0.330 e. The first-order valence-corrected chi connectivity index (χ1v) is 8.57. The molecule has 0 unspecified atom stereocenters. The second kappa shape index (κ2) is 6.99. The van der Waals surface area contributed by atoms with Gasteiger partial charge in [-0.2, -0.15) is 0 Å². The number of aromatic amines is 1. The van der Waals surface area contributed by atoms with Crippen LogP contribution in [0.5, 0.6) is 0 Å². The Labute approximate surface area is 153 Å². The van der Waals surface area contributed by atoms with Crippen molar-refractivity contribution in [3.63, 3.8) is 0 Å². The quantitative estimate of drug-likeness (QED) is 0.685. The Morgan fingerprint density at radius 2 is 2.04 bits per heavy atom. The zero-order valence-electron chi connectivity index (χ0n) is 14.7. The Kier molecular flexibility index (Phi) is 5.02. The number of benzene rings is 1. The van der Waals surface area contributed by atoms with Crippen molar-refractivity contribution in [3.8, 4) is 0 Å². The first kappa shape index (κ1) is 19.4. The molecule has 2 heterocycles. The first-order valence-electron chi connectivity index (χ1n) is 8.57. The van der Waals surface area contributed by atoms with Gasteiger partial charge < -0.3 is 15.6 Å². The third-order valence-electron chi connectivity index (χ3n) is 5.11. The minimum absolute atomic E-state index is 0.262. The summed E-state index contributed by atoms with van der Waals surface area (Å²) in [5.74, 6) is -0.472. The van der Waals surface area contributed by atoms with E-state index in [0.29, 0.717) is 12.0 Å². The van der Waals surface area contributed by atoms with Gasteiger partial charge in [0.2, 0.25) is 0 Å². The summed E-state index contributed by atoms with van der Waals surface area (Å²) in [6.45, 7) is 0.814. The van der Waals surface area contributed by atoms with Gasteiger partial charge in [0.05, 0.1) is 6.61 Å². The van der Waals surface area contributed by atoms with Crippen LogP contribution >= 0.6 is 0 Å². The van der Waals surface area contributed by atoms with Gasteiger partial charge in [0.25, 0.3) is 5.56 Å². The number of alkyl halides is 1. The lowest BCUT2D eigenvalue weighted by Gasteiger charge is -2.41. The van der Waals surface area contributed by atoms with E-state index in [1.807, 2.05) is 0 Å². The highest BCUT2D eigenvalue weighted by atomic mass is 19.1. The fraction of sp³-hybridized carbons (Fsp3) is 0.444. The zero-order valence-corrected chi connectivity index (χ0v) is 14.7. The predicted octanol–water partition coefficient (Wildman–Crippen LogP) is 0.192. The maximum atomic E-state index is 14.8. The topological polar surface area (TPSA) is 110 Å².